The summed E-state index contributed by atoms with van der Waals surface area (Å²) < 4.78 is 41.6. The SMILES string of the molecule is CC(=O)SCC(=O)c1ccc(NS(=O)(=O)c2ccc(-c3ccccc3F)cc2)cc1. The van der Waals surface area contributed by atoms with Crippen molar-refractivity contribution >= 4 is 38.4 Å². The molecule has 0 heterocycles. The zero-order valence-corrected chi connectivity index (χ0v) is 17.6. The van der Waals surface area contributed by atoms with Gasteiger partial charge in [-0.15, -0.1) is 0 Å². The molecular weight excluding hydrogens is 425 g/mol. The zero-order chi connectivity index (χ0) is 21.7. The summed E-state index contributed by atoms with van der Waals surface area (Å²) in [4.78, 5) is 23.0. The molecule has 0 aliphatic carbocycles. The van der Waals surface area contributed by atoms with Gasteiger partial charge in [-0.25, -0.2) is 12.8 Å². The lowest BCUT2D eigenvalue weighted by Crippen LogP contribution is -2.13. The van der Waals surface area contributed by atoms with Crippen LogP contribution in [-0.4, -0.2) is 25.1 Å². The molecule has 8 heteroatoms. The third-order valence-electron chi connectivity index (χ3n) is 4.22. The maximum Gasteiger partial charge on any atom is 0.261 e. The predicted octanol–water partition coefficient (Wildman–Crippen LogP) is 4.76. The largest absolute Gasteiger partial charge is 0.293 e. The average molecular weight is 444 g/mol. The van der Waals surface area contributed by atoms with Crippen molar-refractivity contribution in [2.24, 2.45) is 0 Å². The zero-order valence-electron chi connectivity index (χ0n) is 16.0. The fourth-order valence-electron chi connectivity index (χ4n) is 2.70. The van der Waals surface area contributed by atoms with Crippen LogP contribution in [0.5, 0.6) is 0 Å². The van der Waals surface area contributed by atoms with E-state index in [1.807, 2.05) is 0 Å². The summed E-state index contributed by atoms with van der Waals surface area (Å²) in [6, 6.07) is 18.1. The number of ketones is 1. The first kappa shape index (κ1) is 21.7. The first-order valence-corrected chi connectivity index (χ1v) is 11.4. The lowest BCUT2D eigenvalue weighted by molar-refractivity contribution is -0.109. The fraction of sp³-hybridized carbons (Fsp3) is 0.0909. The maximum absolute atomic E-state index is 13.9. The van der Waals surface area contributed by atoms with Gasteiger partial charge in [0.25, 0.3) is 10.0 Å². The number of thioether (sulfide) groups is 1. The number of Topliss-reactive ketones (excluding diaryl/α,β-unsaturated/α-hetero) is 1. The minimum absolute atomic E-state index is 0.0283. The summed E-state index contributed by atoms with van der Waals surface area (Å²) in [5, 5.41) is -0.145. The Morgan fingerprint density at radius 1 is 0.933 bits per heavy atom. The minimum Gasteiger partial charge on any atom is -0.293 e. The molecule has 3 aromatic carbocycles. The van der Waals surface area contributed by atoms with Crippen LogP contribution in [-0.2, 0) is 14.8 Å². The van der Waals surface area contributed by atoms with E-state index < -0.39 is 10.0 Å². The first-order valence-electron chi connectivity index (χ1n) is 8.91. The summed E-state index contributed by atoms with van der Waals surface area (Å²) in [6.45, 7) is 1.39. The van der Waals surface area contributed by atoms with Crippen molar-refractivity contribution in [2.45, 2.75) is 11.8 Å². The molecule has 1 N–H and O–H groups in total. The van der Waals surface area contributed by atoms with Gasteiger partial charge in [0, 0.05) is 23.7 Å². The molecule has 0 aliphatic heterocycles. The molecule has 0 spiro atoms. The number of benzene rings is 3. The van der Waals surface area contributed by atoms with E-state index in [1.165, 1.54) is 49.4 Å². The van der Waals surface area contributed by atoms with Crippen molar-refractivity contribution in [1.82, 2.24) is 0 Å². The van der Waals surface area contributed by atoms with Gasteiger partial charge in [0.05, 0.1) is 10.6 Å². The van der Waals surface area contributed by atoms with Crippen LogP contribution >= 0.6 is 11.8 Å². The van der Waals surface area contributed by atoms with Crippen LogP contribution in [0, 0.1) is 5.82 Å². The van der Waals surface area contributed by atoms with Gasteiger partial charge in [-0.1, -0.05) is 42.1 Å². The van der Waals surface area contributed by atoms with Crippen LogP contribution in [0.2, 0.25) is 0 Å². The predicted molar refractivity (Wildman–Crippen MR) is 117 cm³/mol. The quantitative estimate of drug-likeness (QED) is 0.533. The highest BCUT2D eigenvalue weighted by Crippen LogP contribution is 2.25. The van der Waals surface area contributed by atoms with Crippen LogP contribution in [0.25, 0.3) is 11.1 Å². The van der Waals surface area contributed by atoms with Crippen molar-refractivity contribution < 1.29 is 22.4 Å². The Labute approximate surface area is 178 Å². The molecule has 0 radical (unpaired) electrons. The van der Waals surface area contributed by atoms with E-state index in [4.69, 9.17) is 0 Å². The summed E-state index contributed by atoms with van der Waals surface area (Å²) in [5.74, 6) is -0.565. The van der Waals surface area contributed by atoms with Crippen LogP contribution in [0.4, 0.5) is 10.1 Å². The molecule has 3 aromatic rings. The second kappa shape index (κ2) is 9.23. The first-order chi connectivity index (χ1) is 14.3. The number of carbonyl (C=O) groups is 2. The molecule has 30 heavy (non-hydrogen) atoms. The minimum atomic E-state index is -3.85. The molecule has 3 rings (SSSR count). The van der Waals surface area contributed by atoms with Gasteiger partial charge in [0.15, 0.2) is 10.9 Å². The molecule has 0 bridgehead atoms. The Bertz CT molecular complexity index is 1170. The van der Waals surface area contributed by atoms with E-state index in [2.05, 4.69) is 4.72 Å². The smallest absolute Gasteiger partial charge is 0.261 e. The normalized spacial score (nSPS) is 11.1. The summed E-state index contributed by atoms with van der Waals surface area (Å²) in [6.07, 6.45) is 0. The van der Waals surface area contributed by atoms with Gasteiger partial charge in [-0.3, -0.25) is 14.3 Å². The van der Waals surface area contributed by atoms with Crippen molar-refractivity contribution in [2.75, 3.05) is 10.5 Å². The van der Waals surface area contributed by atoms with Crippen LogP contribution in [0.1, 0.15) is 17.3 Å². The fourth-order valence-corrected chi connectivity index (χ4v) is 4.26. The van der Waals surface area contributed by atoms with E-state index in [9.17, 15) is 22.4 Å². The lowest BCUT2D eigenvalue weighted by Gasteiger charge is -2.10. The van der Waals surface area contributed by atoms with Crippen LogP contribution < -0.4 is 4.72 Å². The molecule has 0 atom stereocenters. The highest BCUT2D eigenvalue weighted by atomic mass is 32.2. The van der Waals surface area contributed by atoms with E-state index >= 15 is 0 Å². The number of hydrogen-bond donors (Lipinski definition) is 1. The second-order valence-corrected chi connectivity index (χ2v) is 9.23. The number of sulfonamides is 1. The number of halogens is 1. The summed E-state index contributed by atoms with van der Waals surface area (Å²) in [5.41, 5.74) is 1.64. The molecule has 0 amide bonds. The standard InChI is InChI=1S/C22H18FNO4S2/c1-15(25)29-14-22(26)17-6-10-18(11-7-17)24-30(27,28)19-12-8-16(9-13-19)20-4-2-3-5-21(20)23/h2-13,24H,14H2,1H3. The monoisotopic (exact) mass is 443 g/mol. The number of anilines is 1. The Hall–Kier alpha value is -2.97. The van der Waals surface area contributed by atoms with Gasteiger partial charge in [0.2, 0.25) is 0 Å². The molecule has 0 aromatic heterocycles. The van der Waals surface area contributed by atoms with E-state index in [1.54, 1.807) is 30.3 Å². The summed E-state index contributed by atoms with van der Waals surface area (Å²) in [7, 11) is -3.85. The number of carbonyl (C=O) groups excluding carboxylic acids is 2. The Morgan fingerprint density at radius 3 is 2.17 bits per heavy atom. The molecule has 0 saturated heterocycles. The summed E-state index contributed by atoms with van der Waals surface area (Å²) >= 11 is 0.923. The topological polar surface area (TPSA) is 80.3 Å². The van der Waals surface area contributed by atoms with Gasteiger partial charge >= 0.3 is 0 Å². The average Bonchev–Trinajstić information content (AvgIpc) is 2.73. The molecule has 5 nitrogen and oxygen atoms in total. The molecule has 0 aliphatic rings. The third-order valence-corrected chi connectivity index (χ3v) is 6.43. The van der Waals surface area contributed by atoms with E-state index in [0.29, 0.717) is 22.4 Å². The van der Waals surface area contributed by atoms with E-state index in [0.717, 1.165) is 11.8 Å². The Morgan fingerprint density at radius 2 is 1.57 bits per heavy atom. The number of nitrogens with one attached hydrogen (secondary N) is 1. The Kier molecular flexibility index (Phi) is 6.69. The number of hydrogen-bond acceptors (Lipinski definition) is 5. The number of rotatable bonds is 7. The maximum atomic E-state index is 13.9. The van der Waals surface area contributed by atoms with Crippen LogP contribution in [0.3, 0.4) is 0 Å². The Balaban J connectivity index is 1.72. The third kappa shape index (κ3) is 5.34. The highest BCUT2D eigenvalue weighted by molar-refractivity contribution is 8.14. The molecule has 0 fully saturated rings. The van der Waals surface area contributed by atoms with Crippen molar-refractivity contribution in [3.8, 4) is 11.1 Å². The van der Waals surface area contributed by atoms with Gasteiger partial charge < -0.3 is 0 Å². The highest BCUT2D eigenvalue weighted by Gasteiger charge is 2.15. The van der Waals surface area contributed by atoms with Gasteiger partial charge in [0.1, 0.15) is 5.82 Å². The molecular formula is C22H18FNO4S2. The van der Waals surface area contributed by atoms with Crippen molar-refractivity contribution in [3.05, 3.63) is 84.2 Å². The lowest BCUT2D eigenvalue weighted by atomic mass is 10.1. The molecule has 0 unspecified atom stereocenters. The molecule has 154 valence electrons. The van der Waals surface area contributed by atoms with Crippen LogP contribution in [0.15, 0.2) is 77.7 Å². The van der Waals surface area contributed by atoms with E-state index in [-0.39, 0.29) is 27.4 Å². The second-order valence-electron chi connectivity index (χ2n) is 6.39. The molecule has 0 saturated carbocycles. The van der Waals surface area contributed by atoms with Gasteiger partial charge in [-0.05, 0) is 48.0 Å². The van der Waals surface area contributed by atoms with Gasteiger partial charge in [-0.2, -0.15) is 0 Å². The van der Waals surface area contributed by atoms with Crippen molar-refractivity contribution in [3.63, 3.8) is 0 Å². The van der Waals surface area contributed by atoms with Crippen molar-refractivity contribution in [1.29, 1.82) is 0 Å².